The molecule has 8 rings (SSSR count). The molecule has 3 aliphatic heterocycles. The molecule has 76 heavy (non-hydrogen) atoms. The number of nitrogens with two attached hydrogens (primary N) is 2. The lowest BCUT2D eigenvalue weighted by molar-refractivity contribution is -0.384. The second-order valence-electron chi connectivity index (χ2n) is 17.4. The number of likely N-dealkylation sites (tertiary alicyclic amines) is 1. The van der Waals surface area contributed by atoms with Crippen LogP contribution in [0.1, 0.15) is 101 Å². The third kappa shape index (κ3) is 22.0. The second kappa shape index (κ2) is 32.3. The molecule has 0 unspecified atom stereocenters. The number of nitro groups is 1. The van der Waals surface area contributed by atoms with Crippen LogP contribution in [0.3, 0.4) is 0 Å². The highest BCUT2D eigenvalue weighted by molar-refractivity contribution is 6.40. The van der Waals surface area contributed by atoms with Gasteiger partial charge in [0.2, 0.25) is 0 Å². The van der Waals surface area contributed by atoms with Crippen LogP contribution < -0.4 is 38.1 Å². The van der Waals surface area contributed by atoms with E-state index in [0.29, 0.717) is 37.7 Å². The number of piperidine rings is 3. The van der Waals surface area contributed by atoms with Gasteiger partial charge in [0, 0.05) is 31.2 Å². The van der Waals surface area contributed by atoms with Gasteiger partial charge in [0.25, 0.3) is 17.7 Å². The molecule has 4 amide bonds. The van der Waals surface area contributed by atoms with Crippen molar-refractivity contribution in [3.63, 3.8) is 0 Å². The summed E-state index contributed by atoms with van der Waals surface area (Å²) >= 11 is 23.2. The zero-order valence-corrected chi connectivity index (χ0v) is 44.4. The highest BCUT2D eigenvalue weighted by Gasteiger charge is 2.28. The highest BCUT2D eigenvalue weighted by Crippen LogP contribution is 2.26. The Labute approximate surface area is 455 Å². The first-order valence-corrected chi connectivity index (χ1v) is 24.7. The molecule has 30 heteroatoms. The van der Waals surface area contributed by atoms with Crippen molar-refractivity contribution in [2.75, 3.05) is 50.3 Å². The predicted octanol–water partition coefficient (Wildman–Crippen LogP) is 5.69. The number of halogens is 4. The Balaban J connectivity index is 0.000000267. The molecular weight excluding hydrogens is 1080 g/mol. The van der Waals surface area contributed by atoms with Gasteiger partial charge in [-0.05, 0) is 110 Å². The van der Waals surface area contributed by atoms with E-state index >= 15 is 0 Å². The van der Waals surface area contributed by atoms with E-state index in [4.69, 9.17) is 77.3 Å². The van der Waals surface area contributed by atoms with Crippen LogP contribution in [-0.4, -0.2) is 144 Å². The average Bonchev–Trinajstić information content (AvgIpc) is 4.17. The van der Waals surface area contributed by atoms with Crippen molar-refractivity contribution in [1.82, 2.24) is 56.8 Å². The van der Waals surface area contributed by atoms with Gasteiger partial charge in [-0.3, -0.25) is 39.8 Å². The van der Waals surface area contributed by atoms with Gasteiger partial charge in [-0.1, -0.05) is 58.5 Å². The molecule has 13 N–H and O–H groups in total. The molecule has 0 spiro atoms. The molecule has 0 saturated carbocycles. The monoisotopic (exact) mass is 1140 g/mol. The molecule has 26 nitrogen and oxygen atoms in total. The number of benzene rings is 2. The Morgan fingerprint density at radius 1 is 0.750 bits per heavy atom. The van der Waals surface area contributed by atoms with Gasteiger partial charge in [-0.15, -0.1) is 0 Å². The van der Waals surface area contributed by atoms with Crippen molar-refractivity contribution < 1.29 is 48.3 Å². The minimum Gasteiger partial charge on any atom is -0.478 e. The van der Waals surface area contributed by atoms with Crippen molar-refractivity contribution in [1.29, 1.82) is 0 Å². The minimum atomic E-state index is -1.11. The summed E-state index contributed by atoms with van der Waals surface area (Å²) < 4.78 is 5.34. The van der Waals surface area contributed by atoms with Crippen LogP contribution in [0.4, 0.5) is 21.9 Å². The van der Waals surface area contributed by atoms with Gasteiger partial charge in [-0.25, -0.2) is 9.59 Å². The van der Waals surface area contributed by atoms with Crippen molar-refractivity contribution in [3.8, 4) is 0 Å². The number of ether oxygens (including phenoxy) is 1. The number of anilines is 2. The molecule has 2 aromatic carbocycles. The van der Waals surface area contributed by atoms with Crippen molar-refractivity contribution >= 4 is 99.4 Å². The fourth-order valence-corrected chi connectivity index (χ4v) is 7.96. The van der Waals surface area contributed by atoms with Gasteiger partial charge < -0.3 is 52.8 Å². The zero-order chi connectivity index (χ0) is 56.4. The number of nitrogens with zero attached hydrogens (tertiary/aromatic N) is 5. The highest BCUT2D eigenvalue weighted by atomic mass is 35.5. The molecule has 3 aromatic heterocycles. The van der Waals surface area contributed by atoms with E-state index in [1.54, 1.807) is 29.2 Å². The standard InChI is InChI=1S/C16H17Cl2N5O2.C14H23N5O3.C7H4Cl2O2.C5H12N2.C3H3N3O2.CO2/c17-10-2-1-3-11(18)13(10)15(24)22-12-8-20-23-14(12)16(25)21-9-4-6-19-7-5-9;1-14(2,3)22-13(21)19-6-4-9(5-7-19)17-12(20)11-10(15)8-16-18-11;8-4-2-1-3-5(9)6(4)7(10)11;6-5-1-3-7-4-2-5;7-6(8)3-1-4-5-2-3;2-1-3/h1-3,8-9,19H,4-7H2,(H,20,23)(H,21,25)(H,22,24);8-9H,4-7,15H2,1-3H3,(H,16,18)(H,17,20);1-3H,(H,10,11);5,7H,1-4,6H2;1-2H,(H,4,5);. The molecule has 3 saturated heterocycles. The smallest absolute Gasteiger partial charge is 0.410 e. The molecule has 0 aliphatic carbocycles. The van der Waals surface area contributed by atoms with Gasteiger partial charge in [0.1, 0.15) is 23.2 Å². The average molecular weight is 1140 g/mol. The van der Waals surface area contributed by atoms with Crippen molar-refractivity contribution in [2.24, 2.45) is 5.73 Å². The van der Waals surface area contributed by atoms with E-state index in [9.17, 15) is 34.1 Å². The predicted molar refractivity (Wildman–Crippen MR) is 281 cm³/mol. The van der Waals surface area contributed by atoms with E-state index < -0.39 is 22.4 Å². The summed E-state index contributed by atoms with van der Waals surface area (Å²) in [6.45, 7) is 10.6. The van der Waals surface area contributed by atoms with Crippen LogP contribution in [0, 0.1) is 10.1 Å². The summed E-state index contributed by atoms with van der Waals surface area (Å²) in [6, 6.07) is 9.93. The number of H-pyrrole nitrogens is 3. The number of carbonyl (C=O) groups is 5. The number of nitrogens with one attached hydrogen (secondary N) is 8. The lowest BCUT2D eigenvalue weighted by Crippen LogP contribution is -2.47. The van der Waals surface area contributed by atoms with Gasteiger partial charge in [0.05, 0.1) is 66.1 Å². The maximum absolute atomic E-state index is 12.5. The van der Waals surface area contributed by atoms with Gasteiger partial charge in [0.15, 0.2) is 0 Å². The first-order valence-electron chi connectivity index (χ1n) is 23.2. The largest absolute Gasteiger partial charge is 0.478 e. The SMILES string of the molecule is CC(C)(C)OC(=O)N1CCC(NC(=O)c2[nH]ncc2N)CC1.NC1CCNCC1.O=C(NC1CCNCC1)c1[nH]ncc1NC(=O)c1c(Cl)cccc1Cl.O=C(O)c1c(Cl)cccc1Cl.O=C=O.O=[N+]([O-])c1cn[nH]c1. The van der Waals surface area contributed by atoms with E-state index in [0.717, 1.165) is 58.1 Å². The van der Waals surface area contributed by atoms with Crippen LogP contribution in [0.15, 0.2) is 61.2 Å². The molecule has 0 radical (unpaired) electrons. The van der Waals surface area contributed by atoms with Crippen molar-refractivity contribution in [2.45, 2.75) is 83.0 Å². The lowest BCUT2D eigenvalue weighted by Gasteiger charge is -2.33. The van der Waals surface area contributed by atoms with Gasteiger partial charge in [-0.2, -0.15) is 24.9 Å². The van der Waals surface area contributed by atoms with Crippen LogP contribution in [-0.2, 0) is 14.3 Å². The number of nitrogen functional groups attached to an aromatic ring is 1. The van der Waals surface area contributed by atoms with Crippen molar-refractivity contribution in [3.05, 3.63) is 114 Å². The van der Waals surface area contributed by atoms with E-state index in [1.165, 1.54) is 30.7 Å². The number of aromatic carboxylic acids is 1. The summed E-state index contributed by atoms with van der Waals surface area (Å²) in [5.41, 5.74) is 11.9. The molecule has 0 atom stereocenters. The van der Waals surface area contributed by atoms with Crippen LogP contribution in [0.5, 0.6) is 0 Å². The maximum atomic E-state index is 12.5. The Hall–Kier alpha value is -7.16. The molecule has 5 aromatic rings. The number of aromatic nitrogens is 6. The van der Waals surface area contributed by atoms with Crippen LogP contribution >= 0.6 is 46.4 Å². The fourth-order valence-electron chi connectivity index (χ4n) is 6.84. The number of carbonyl (C=O) groups excluding carboxylic acids is 6. The Morgan fingerprint density at radius 3 is 1.63 bits per heavy atom. The molecule has 6 heterocycles. The normalized spacial score (nSPS) is 14.4. The number of hydrogen-bond donors (Lipinski definition) is 11. The molecule has 412 valence electrons. The zero-order valence-electron chi connectivity index (χ0n) is 41.4. The quantitative estimate of drug-likeness (QED) is 0.0656. The number of aromatic amines is 3. The summed E-state index contributed by atoms with van der Waals surface area (Å²) in [6.07, 6.45) is 10.5. The molecular formula is C46H59Cl4N15O11. The first kappa shape index (κ1) is 63.1. The molecule has 3 fully saturated rings. The number of carboxylic acid groups (broad SMARTS) is 1. The maximum Gasteiger partial charge on any atom is 0.410 e. The first-order chi connectivity index (χ1) is 36.1. The molecule has 3 aliphatic rings. The van der Waals surface area contributed by atoms with E-state index in [1.807, 2.05) is 20.8 Å². The summed E-state index contributed by atoms with van der Waals surface area (Å²) in [5.74, 6) is -2.20. The second-order valence-corrected chi connectivity index (χ2v) is 19.0. The Morgan fingerprint density at radius 2 is 1.22 bits per heavy atom. The van der Waals surface area contributed by atoms with E-state index in [2.05, 4.69) is 57.2 Å². The summed E-state index contributed by atoms with van der Waals surface area (Å²) in [5, 5.41) is 52.6. The lowest BCUT2D eigenvalue weighted by atomic mass is 10.1. The Kier molecular flexibility index (Phi) is 26.8. The number of rotatable bonds is 8. The summed E-state index contributed by atoms with van der Waals surface area (Å²) in [4.78, 5) is 86.6. The number of hydrogen-bond acceptors (Lipinski definition) is 17. The minimum absolute atomic E-state index is 0.00823. The van der Waals surface area contributed by atoms with E-state index in [-0.39, 0.29) is 90.1 Å². The summed E-state index contributed by atoms with van der Waals surface area (Å²) in [7, 11) is 0. The number of carboxylic acids is 1. The fraction of sp³-hybridized carbons (Fsp3) is 0.413. The van der Waals surface area contributed by atoms with Crippen LogP contribution in [0.25, 0.3) is 0 Å². The van der Waals surface area contributed by atoms with Gasteiger partial charge >= 0.3 is 23.9 Å². The number of amides is 4. The topological polar surface area (TPSA) is 394 Å². The third-order valence-electron chi connectivity index (χ3n) is 10.6. The Bertz CT molecular complexity index is 2650. The molecule has 0 bridgehead atoms. The van der Waals surface area contributed by atoms with Crippen LogP contribution in [0.2, 0.25) is 20.1 Å². The third-order valence-corrected chi connectivity index (χ3v) is 11.9.